The quantitative estimate of drug-likeness (QED) is 0.0320. The summed E-state index contributed by atoms with van der Waals surface area (Å²) < 4.78 is 5.43. The highest BCUT2D eigenvalue weighted by molar-refractivity contribution is 5.76. The molecule has 3 N–H and O–H groups in total. The van der Waals surface area contributed by atoms with Crippen LogP contribution in [0.1, 0.15) is 373 Å². The molecule has 0 aliphatic carbocycles. The second-order valence-electron chi connectivity index (χ2n) is 23.5. The molecule has 76 heavy (non-hydrogen) atoms. The first-order valence-corrected chi connectivity index (χ1v) is 34.2. The molecule has 0 rings (SSSR count). The molecule has 2 atom stereocenters. The summed E-state index contributed by atoms with van der Waals surface area (Å²) in [6.07, 6.45) is 83.3. The Hall–Kier alpha value is -1.92. The number of carbonyl (C=O) groups is 2. The van der Waals surface area contributed by atoms with Crippen molar-refractivity contribution in [1.82, 2.24) is 5.32 Å². The van der Waals surface area contributed by atoms with E-state index in [0.717, 1.165) is 51.4 Å². The third kappa shape index (κ3) is 61.3. The van der Waals surface area contributed by atoms with Gasteiger partial charge >= 0.3 is 5.97 Å². The molecule has 0 heterocycles. The second kappa shape index (κ2) is 65.6. The Labute approximate surface area is 474 Å². The SMILES string of the molecule is CCCCCCCC/C=C\CCCCCCCCCC(=O)OCC/C=C\C/C=C\CCCCCCCCCCCCCCCCC(=O)NC(CO)C(O)CCCCCCCCCCCCCCCCCCCCCCC. The van der Waals surface area contributed by atoms with E-state index in [-0.39, 0.29) is 18.5 Å². The standard InChI is InChI=1S/C70H133NO5/c1-3-5-7-9-11-13-15-17-19-21-22-24-27-31-34-38-42-46-50-54-58-62-68(73)67(66-72)71-69(74)63-59-55-51-47-43-39-35-32-28-25-23-26-29-33-37-41-45-49-53-57-61-65-76-70(75)64-60-56-52-48-44-40-36-30-20-18-16-14-12-10-8-6-4-2/h18,20,41,45,53,57,67-68,72-73H,3-17,19,21-40,42-44,46-52,54-56,58-66H2,1-2H3,(H,71,74)/b20-18-,45-41-,57-53-. The maximum Gasteiger partial charge on any atom is 0.305 e. The van der Waals surface area contributed by atoms with Crippen molar-refractivity contribution >= 4 is 11.9 Å². The molecule has 0 radical (unpaired) electrons. The van der Waals surface area contributed by atoms with Crippen LogP contribution in [0.4, 0.5) is 0 Å². The van der Waals surface area contributed by atoms with Crippen molar-refractivity contribution in [2.45, 2.75) is 386 Å². The van der Waals surface area contributed by atoms with Crippen LogP contribution in [-0.4, -0.2) is 47.4 Å². The lowest BCUT2D eigenvalue weighted by atomic mass is 10.0. The number of amides is 1. The van der Waals surface area contributed by atoms with Crippen molar-refractivity contribution < 1.29 is 24.5 Å². The molecule has 0 spiro atoms. The molecule has 1 amide bonds. The molecule has 6 heteroatoms. The van der Waals surface area contributed by atoms with Gasteiger partial charge < -0.3 is 20.3 Å². The number of aliphatic hydroxyl groups is 2. The summed E-state index contributed by atoms with van der Waals surface area (Å²) in [5.74, 6) is -0.0741. The number of rotatable bonds is 64. The number of hydrogen-bond acceptors (Lipinski definition) is 5. The van der Waals surface area contributed by atoms with Gasteiger partial charge in [0.1, 0.15) is 0 Å². The third-order valence-electron chi connectivity index (χ3n) is 15.9. The smallest absolute Gasteiger partial charge is 0.305 e. The van der Waals surface area contributed by atoms with E-state index in [1.807, 2.05) is 0 Å². The summed E-state index contributed by atoms with van der Waals surface area (Å²) in [6, 6.07) is -0.547. The molecule has 0 aliphatic rings. The van der Waals surface area contributed by atoms with E-state index in [9.17, 15) is 19.8 Å². The minimum absolute atomic E-state index is 0.0363. The minimum Gasteiger partial charge on any atom is -0.465 e. The Morgan fingerprint density at radius 3 is 1.01 bits per heavy atom. The Morgan fingerprint density at radius 2 is 0.658 bits per heavy atom. The van der Waals surface area contributed by atoms with Crippen LogP contribution in [0.15, 0.2) is 36.5 Å². The molecular formula is C70H133NO5. The zero-order valence-corrected chi connectivity index (χ0v) is 51.3. The fourth-order valence-electron chi connectivity index (χ4n) is 10.7. The summed E-state index contributed by atoms with van der Waals surface area (Å²) in [5.41, 5.74) is 0. The Balaban J connectivity index is 3.44. The lowest BCUT2D eigenvalue weighted by Gasteiger charge is -2.22. The molecule has 2 unspecified atom stereocenters. The minimum atomic E-state index is -0.669. The summed E-state index contributed by atoms with van der Waals surface area (Å²) >= 11 is 0. The molecule has 6 nitrogen and oxygen atoms in total. The van der Waals surface area contributed by atoms with E-state index in [1.54, 1.807) is 0 Å². The number of unbranched alkanes of at least 4 members (excludes halogenated alkanes) is 47. The summed E-state index contributed by atoms with van der Waals surface area (Å²) in [4.78, 5) is 24.6. The van der Waals surface area contributed by atoms with Crippen LogP contribution < -0.4 is 5.32 Å². The van der Waals surface area contributed by atoms with Crippen molar-refractivity contribution in [3.8, 4) is 0 Å². The maximum absolute atomic E-state index is 12.5. The number of allylic oxidation sites excluding steroid dienone is 5. The number of nitrogens with one attached hydrogen (secondary N) is 1. The van der Waals surface area contributed by atoms with Gasteiger partial charge in [-0.2, -0.15) is 0 Å². The van der Waals surface area contributed by atoms with Gasteiger partial charge in [0, 0.05) is 12.8 Å². The van der Waals surface area contributed by atoms with Crippen molar-refractivity contribution in [2.24, 2.45) is 0 Å². The molecule has 448 valence electrons. The van der Waals surface area contributed by atoms with E-state index >= 15 is 0 Å². The first-order chi connectivity index (χ1) is 37.5. The van der Waals surface area contributed by atoms with Gasteiger partial charge in [0.05, 0.1) is 25.4 Å². The average molecular weight is 1070 g/mol. The number of aliphatic hydroxyl groups excluding tert-OH is 2. The summed E-state index contributed by atoms with van der Waals surface area (Å²) in [5, 5.41) is 23.4. The van der Waals surface area contributed by atoms with Crippen LogP contribution in [0.25, 0.3) is 0 Å². The second-order valence-corrected chi connectivity index (χ2v) is 23.5. The van der Waals surface area contributed by atoms with Gasteiger partial charge in [-0.3, -0.25) is 9.59 Å². The zero-order valence-electron chi connectivity index (χ0n) is 51.3. The van der Waals surface area contributed by atoms with Crippen molar-refractivity contribution in [1.29, 1.82) is 0 Å². The predicted molar refractivity (Wildman–Crippen MR) is 333 cm³/mol. The molecule has 0 aliphatic heterocycles. The van der Waals surface area contributed by atoms with Gasteiger partial charge in [-0.25, -0.2) is 0 Å². The summed E-state index contributed by atoms with van der Waals surface area (Å²) in [6.45, 7) is 4.87. The van der Waals surface area contributed by atoms with Crippen LogP contribution in [0.3, 0.4) is 0 Å². The number of esters is 1. The van der Waals surface area contributed by atoms with Gasteiger partial charge in [0.15, 0.2) is 0 Å². The van der Waals surface area contributed by atoms with E-state index in [4.69, 9.17) is 4.74 Å². The largest absolute Gasteiger partial charge is 0.465 e. The molecule has 0 saturated heterocycles. The van der Waals surface area contributed by atoms with Gasteiger partial charge in [-0.05, 0) is 70.6 Å². The fraction of sp³-hybridized carbons (Fsp3) is 0.886. The number of hydrogen-bond donors (Lipinski definition) is 3. The molecule has 0 saturated carbocycles. The van der Waals surface area contributed by atoms with Crippen LogP contribution in [0, 0.1) is 0 Å². The molecule has 0 bridgehead atoms. The van der Waals surface area contributed by atoms with Crippen LogP contribution >= 0.6 is 0 Å². The van der Waals surface area contributed by atoms with E-state index in [0.29, 0.717) is 25.9 Å². The topological polar surface area (TPSA) is 95.9 Å². The molecular weight excluding hydrogens is 935 g/mol. The first kappa shape index (κ1) is 74.1. The number of carbonyl (C=O) groups excluding carboxylic acids is 2. The van der Waals surface area contributed by atoms with E-state index in [2.05, 4.69) is 55.6 Å². The Bertz CT molecular complexity index is 1230. The van der Waals surface area contributed by atoms with Gasteiger partial charge in [0.25, 0.3) is 0 Å². The first-order valence-electron chi connectivity index (χ1n) is 34.2. The van der Waals surface area contributed by atoms with Crippen LogP contribution in [0.5, 0.6) is 0 Å². The average Bonchev–Trinajstić information content (AvgIpc) is 3.42. The molecule has 0 aromatic carbocycles. The third-order valence-corrected chi connectivity index (χ3v) is 15.9. The van der Waals surface area contributed by atoms with Crippen molar-refractivity contribution in [2.75, 3.05) is 13.2 Å². The van der Waals surface area contributed by atoms with Crippen molar-refractivity contribution in [3.63, 3.8) is 0 Å². The van der Waals surface area contributed by atoms with Crippen LogP contribution in [-0.2, 0) is 14.3 Å². The lowest BCUT2D eigenvalue weighted by Crippen LogP contribution is -2.45. The number of ether oxygens (including phenoxy) is 1. The fourth-order valence-corrected chi connectivity index (χ4v) is 10.7. The highest BCUT2D eigenvalue weighted by Gasteiger charge is 2.20. The van der Waals surface area contributed by atoms with Gasteiger partial charge in [0.2, 0.25) is 5.91 Å². The lowest BCUT2D eigenvalue weighted by molar-refractivity contribution is -0.143. The molecule has 0 fully saturated rings. The van der Waals surface area contributed by atoms with E-state index in [1.165, 1.54) is 289 Å². The molecule has 0 aromatic heterocycles. The maximum atomic E-state index is 12.5. The summed E-state index contributed by atoms with van der Waals surface area (Å²) in [7, 11) is 0. The highest BCUT2D eigenvalue weighted by Crippen LogP contribution is 2.18. The van der Waals surface area contributed by atoms with E-state index < -0.39 is 12.1 Å². The zero-order chi connectivity index (χ0) is 55.0. The Morgan fingerprint density at radius 1 is 0.368 bits per heavy atom. The van der Waals surface area contributed by atoms with Gasteiger partial charge in [-0.15, -0.1) is 0 Å². The predicted octanol–water partition coefficient (Wildman–Crippen LogP) is 21.9. The molecule has 0 aromatic rings. The monoisotopic (exact) mass is 1070 g/mol. The van der Waals surface area contributed by atoms with Crippen LogP contribution in [0.2, 0.25) is 0 Å². The Kier molecular flexibility index (Phi) is 63.9. The highest BCUT2D eigenvalue weighted by atomic mass is 16.5. The van der Waals surface area contributed by atoms with Crippen molar-refractivity contribution in [3.05, 3.63) is 36.5 Å². The van der Waals surface area contributed by atoms with Gasteiger partial charge in [-0.1, -0.05) is 326 Å². The normalized spacial score (nSPS) is 12.7.